The summed E-state index contributed by atoms with van der Waals surface area (Å²) in [6, 6.07) is 13.0. The van der Waals surface area contributed by atoms with Gasteiger partial charge in [0.25, 0.3) is 0 Å². The number of hydrogen-bond acceptors (Lipinski definition) is 6. The Morgan fingerprint density at radius 3 is 1.97 bits per heavy atom. The van der Waals surface area contributed by atoms with Crippen LogP contribution in [0.4, 0.5) is 11.4 Å². The molecule has 2 aliphatic heterocycles. The van der Waals surface area contributed by atoms with Crippen LogP contribution >= 0.6 is 15.9 Å². The number of rotatable bonds is 1. The van der Waals surface area contributed by atoms with Gasteiger partial charge in [-0.15, -0.1) is 0 Å². The van der Waals surface area contributed by atoms with Gasteiger partial charge in [0.15, 0.2) is 5.89 Å². The van der Waals surface area contributed by atoms with Gasteiger partial charge in [-0.05, 0) is 61.1 Å². The molecule has 2 aliphatic rings. The molecule has 0 atom stereocenters. The maximum absolute atomic E-state index is 5.32. The first-order valence-electron chi connectivity index (χ1n) is 11.6. The van der Waals surface area contributed by atoms with Crippen molar-refractivity contribution in [2.45, 2.75) is 32.6 Å². The standard InChI is InChI=1S/C13H14N2O.C10H12BrN.C4H5NO/c1-15-7-2-3-10-4-5-11(9-12(10)15)13-14-6-8-16-13;1-12-6-2-3-8-4-5-9(11)7-10(8)12;1-4-5-2-3-6-4/h4-6,8-9H,2-3,7H2,1H3;4-5,7H,2-3,6H2,1H3;2-3H,1H3. The maximum atomic E-state index is 5.32. The second-order valence-electron chi connectivity index (χ2n) is 8.56. The second-order valence-corrected chi connectivity index (χ2v) is 9.47. The van der Waals surface area contributed by atoms with Crippen LogP contribution in [0.15, 0.2) is 74.6 Å². The molecule has 0 bridgehead atoms. The molecule has 2 aromatic carbocycles. The summed E-state index contributed by atoms with van der Waals surface area (Å²) >= 11 is 3.49. The average molecular weight is 523 g/mol. The fraction of sp³-hybridized carbons (Fsp3) is 0.333. The van der Waals surface area contributed by atoms with Crippen molar-refractivity contribution >= 4 is 27.3 Å². The minimum absolute atomic E-state index is 0.696. The van der Waals surface area contributed by atoms with Crippen molar-refractivity contribution in [1.82, 2.24) is 9.97 Å². The van der Waals surface area contributed by atoms with Crippen LogP contribution in [0.3, 0.4) is 0 Å². The molecule has 4 heterocycles. The summed E-state index contributed by atoms with van der Waals surface area (Å²) in [7, 11) is 4.29. The second kappa shape index (κ2) is 11.4. The third kappa shape index (κ3) is 6.08. The third-order valence-corrected chi connectivity index (χ3v) is 6.56. The minimum Gasteiger partial charge on any atom is -0.449 e. The lowest BCUT2D eigenvalue weighted by atomic mass is 10.00. The molecule has 0 saturated heterocycles. The summed E-state index contributed by atoms with van der Waals surface area (Å²) in [5.74, 6) is 1.41. The Kier molecular flexibility index (Phi) is 8.06. The Morgan fingerprint density at radius 1 is 0.794 bits per heavy atom. The van der Waals surface area contributed by atoms with Gasteiger partial charge in [-0.25, -0.2) is 9.97 Å². The van der Waals surface area contributed by atoms with E-state index in [4.69, 9.17) is 8.83 Å². The van der Waals surface area contributed by atoms with Crippen LogP contribution in [0.25, 0.3) is 11.5 Å². The highest BCUT2D eigenvalue weighted by Crippen LogP contribution is 2.31. The molecule has 0 radical (unpaired) electrons. The highest BCUT2D eigenvalue weighted by Gasteiger charge is 2.15. The average Bonchev–Trinajstić information content (AvgIpc) is 3.55. The number of nitrogens with zero attached hydrogens (tertiary/aromatic N) is 4. The van der Waals surface area contributed by atoms with Gasteiger partial charge in [0, 0.05) is 55.5 Å². The van der Waals surface area contributed by atoms with E-state index in [2.05, 4.69) is 86.2 Å². The lowest BCUT2D eigenvalue weighted by molar-refractivity contribution is 0.521. The van der Waals surface area contributed by atoms with Gasteiger partial charge in [0.05, 0.1) is 12.4 Å². The summed E-state index contributed by atoms with van der Waals surface area (Å²) in [6.45, 7) is 4.12. The maximum Gasteiger partial charge on any atom is 0.225 e. The number of benzene rings is 2. The van der Waals surface area contributed by atoms with Gasteiger partial charge in [0.2, 0.25) is 5.89 Å². The van der Waals surface area contributed by atoms with Crippen LogP contribution in [-0.4, -0.2) is 37.2 Å². The predicted molar refractivity (Wildman–Crippen MR) is 141 cm³/mol. The fourth-order valence-electron chi connectivity index (χ4n) is 4.28. The summed E-state index contributed by atoms with van der Waals surface area (Å²) in [4.78, 5) is 12.5. The molecule has 0 saturated carbocycles. The highest BCUT2D eigenvalue weighted by atomic mass is 79.9. The number of anilines is 2. The smallest absolute Gasteiger partial charge is 0.225 e. The lowest BCUT2D eigenvalue weighted by Gasteiger charge is -2.27. The van der Waals surface area contributed by atoms with Crippen molar-refractivity contribution in [3.8, 4) is 11.5 Å². The number of aryl methyl sites for hydroxylation is 3. The van der Waals surface area contributed by atoms with Crippen LogP contribution < -0.4 is 9.80 Å². The zero-order valence-corrected chi connectivity index (χ0v) is 21.6. The molecule has 34 heavy (non-hydrogen) atoms. The molecule has 0 spiro atoms. The van der Waals surface area contributed by atoms with Gasteiger partial charge >= 0.3 is 0 Å². The van der Waals surface area contributed by atoms with Gasteiger partial charge < -0.3 is 18.6 Å². The quantitative estimate of drug-likeness (QED) is 0.283. The zero-order chi connectivity index (χ0) is 23.9. The molecular formula is C27H31BrN4O2. The first kappa shape index (κ1) is 24.1. The first-order valence-corrected chi connectivity index (χ1v) is 12.4. The molecule has 2 aromatic heterocycles. The number of fused-ring (bicyclic) bond motifs is 2. The first-order chi connectivity index (χ1) is 16.5. The number of aromatic nitrogens is 2. The van der Waals surface area contributed by atoms with Crippen LogP contribution in [0.2, 0.25) is 0 Å². The van der Waals surface area contributed by atoms with E-state index in [0.717, 1.165) is 18.0 Å². The SMILES string of the molecule is CN1CCCc2ccc(-c3ncco3)cc21.CN1CCCc2ccc(Br)cc21.Cc1ncco1. The van der Waals surface area contributed by atoms with Crippen LogP contribution in [0.5, 0.6) is 0 Å². The molecule has 0 fully saturated rings. The minimum atomic E-state index is 0.696. The summed E-state index contributed by atoms with van der Waals surface area (Å²) in [5.41, 5.74) is 6.64. The Balaban J connectivity index is 0.000000134. The number of halogens is 1. The molecule has 0 N–H and O–H groups in total. The molecule has 7 heteroatoms. The van der Waals surface area contributed by atoms with E-state index in [1.807, 2.05) is 0 Å². The molecule has 6 rings (SSSR count). The van der Waals surface area contributed by atoms with Crippen molar-refractivity contribution in [3.05, 3.63) is 82.8 Å². The Hall–Kier alpha value is -3.06. The van der Waals surface area contributed by atoms with E-state index >= 15 is 0 Å². The monoisotopic (exact) mass is 522 g/mol. The molecule has 0 amide bonds. The van der Waals surface area contributed by atoms with Crippen LogP contribution in [0.1, 0.15) is 29.9 Å². The van der Waals surface area contributed by atoms with E-state index < -0.39 is 0 Å². The van der Waals surface area contributed by atoms with Gasteiger partial charge in [0.1, 0.15) is 12.5 Å². The normalized spacial score (nSPS) is 14.2. The van der Waals surface area contributed by atoms with E-state index in [9.17, 15) is 0 Å². The van der Waals surface area contributed by atoms with Crippen molar-refractivity contribution in [3.63, 3.8) is 0 Å². The van der Waals surface area contributed by atoms with Crippen LogP contribution in [-0.2, 0) is 12.8 Å². The van der Waals surface area contributed by atoms with Gasteiger partial charge in [-0.1, -0.05) is 28.1 Å². The molecule has 4 aromatic rings. The zero-order valence-electron chi connectivity index (χ0n) is 20.0. The molecule has 178 valence electrons. The molecule has 6 nitrogen and oxygen atoms in total. The summed E-state index contributed by atoms with van der Waals surface area (Å²) in [5, 5.41) is 0. The summed E-state index contributed by atoms with van der Waals surface area (Å²) < 4.78 is 11.2. The van der Waals surface area contributed by atoms with E-state index in [0.29, 0.717) is 5.89 Å². The third-order valence-electron chi connectivity index (χ3n) is 6.07. The number of hydrogen-bond donors (Lipinski definition) is 0. The Morgan fingerprint density at radius 2 is 1.41 bits per heavy atom. The predicted octanol–water partition coefficient (Wildman–Crippen LogP) is 6.54. The van der Waals surface area contributed by atoms with E-state index in [-0.39, 0.29) is 0 Å². The highest BCUT2D eigenvalue weighted by molar-refractivity contribution is 9.10. The molecular weight excluding hydrogens is 492 g/mol. The molecule has 0 unspecified atom stereocenters. The number of oxazole rings is 2. The Labute approximate surface area is 209 Å². The van der Waals surface area contributed by atoms with Crippen molar-refractivity contribution in [2.75, 3.05) is 37.0 Å². The fourth-order valence-corrected chi connectivity index (χ4v) is 4.63. The summed E-state index contributed by atoms with van der Waals surface area (Å²) in [6.07, 6.45) is 11.4. The van der Waals surface area contributed by atoms with Crippen molar-refractivity contribution in [1.29, 1.82) is 0 Å². The van der Waals surface area contributed by atoms with Crippen molar-refractivity contribution < 1.29 is 8.83 Å². The van der Waals surface area contributed by atoms with Gasteiger partial charge in [-0.3, -0.25) is 0 Å². The Bertz CT molecular complexity index is 1180. The lowest BCUT2D eigenvalue weighted by Crippen LogP contribution is -2.24. The van der Waals surface area contributed by atoms with E-state index in [1.54, 1.807) is 31.8 Å². The van der Waals surface area contributed by atoms with E-state index in [1.165, 1.54) is 59.2 Å². The van der Waals surface area contributed by atoms with Gasteiger partial charge in [-0.2, -0.15) is 0 Å². The van der Waals surface area contributed by atoms with Crippen molar-refractivity contribution in [2.24, 2.45) is 0 Å². The topological polar surface area (TPSA) is 58.5 Å². The largest absolute Gasteiger partial charge is 0.449 e. The molecule has 0 aliphatic carbocycles. The van der Waals surface area contributed by atoms with Crippen LogP contribution in [0, 0.1) is 6.92 Å².